The van der Waals surface area contributed by atoms with Crippen molar-refractivity contribution >= 4 is 28.8 Å². The minimum Gasteiger partial charge on any atom is -0.497 e. The quantitative estimate of drug-likeness (QED) is 0.406. The Morgan fingerprint density at radius 1 is 1.00 bits per heavy atom. The minimum atomic E-state index is 0.623. The summed E-state index contributed by atoms with van der Waals surface area (Å²) < 4.78 is 9.59. The van der Waals surface area contributed by atoms with Crippen LogP contribution in [0.5, 0.6) is 5.75 Å². The van der Waals surface area contributed by atoms with Gasteiger partial charge in [-0.25, -0.2) is 4.52 Å². The number of aryl methyl sites for hydroxylation is 2. The fourth-order valence-corrected chi connectivity index (χ4v) is 4.55. The van der Waals surface area contributed by atoms with Crippen molar-refractivity contribution in [2.45, 2.75) is 25.8 Å². The smallest absolute Gasteiger partial charge is 0.163 e. The molecule has 0 saturated carbocycles. The van der Waals surface area contributed by atoms with E-state index in [2.05, 4.69) is 22.9 Å². The monoisotopic (exact) mass is 411 g/mol. The molecule has 4 aromatic rings. The lowest BCUT2D eigenvalue weighted by Crippen LogP contribution is -2.00. The van der Waals surface area contributed by atoms with Crippen LogP contribution in [0.1, 0.15) is 18.4 Å². The summed E-state index contributed by atoms with van der Waals surface area (Å²) in [6, 6.07) is 13.8. The Balaban J connectivity index is 1.70. The molecule has 142 valence electrons. The van der Waals surface area contributed by atoms with E-state index in [1.54, 1.807) is 13.2 Å². The Morgan fingerprint density at radius 3 is 2.57 bits per heavy atom. The van der Waals surface area contributed by atoms with Gasteiger partial charge in [0.15, 0.2) is 5.82 Å². The van der Waals surface area contributed by atoms with Crippen LogP contribution in [-0.2, 0) is 13.0 Å². The zero-order valence-corrected chi connectivity index (χ0v) is 17.0. The summed E-state index contributed by atoms with van der Waals surface area (Å²) in [4.78, 5) is 0. The molecular formula is C22H19Cl2N3O. The average Bonchev–Trinajstić information content (AvgIpc) is 3.12. The third kappa shape index (κ3) is 2.79. The molecule has 0 bridgehead atoms. The van der Waals surface area contributed by atoms with Crippen LogP contribution in [0.4, 0.5) is 0 Å². The van der Waals surface area contributed by atoms with E-state index in [9.17, 15) is 0 Å². The lowest BCUT2D eigenvalue weighted by molar-refractivity contribution is 0.415. The van der Waals surface area contributed by atoms with E-state index < -0.39 is 0 Å². The van der Waals surface area contributed by atoms with E-state index in [1.807, 2.05) is 28.8 Å². The second kappa shape index (κ2) is 6.87. The highest BCUT2D eigenvalue weighted by Crippen LogP contribution is 2.37. The molecule has 0 atom stereocenters. The first kappa shape index (κ1) is 17.7. The first-order chi connectivity index (χ1) is 13.7. The summed E-state index contributed by atoms with van der Waals surface area (Å²) in [7, 11) is 1.69. The first-order valence-electron chi connectivity index (χ1n) is 9.36. The molecule has 3 heterocycles. The molecule has 0 amide bonds. The molecule has 0 aliphatic carbocycles. The summed E-state index contributed by atoms with van der Waals surface area (Å²) in [6.07, 6.45) is 5.43. The molecular weight excluding hydrogens is 393 g/mol. The van der Waals surface area contributed by atoms with Crippen LogP contribution in [-0.4, -0.2) is 21.3 Å². The van der Waals surface area contributed by atoms with Gasteiger partial charge < -0.3 is 9.30 Å². The normalized spacial score (nSPS) is 13.7. The van der Waals surface area contributed by atoms with Crippen molar-refractivity contribution in [3.63, 3.8) is 0 Å². The van der Waals surface area contributed by atoms with Gasteiger partial charge in [-0.15, -0.1) is 5.10 Å². The van der Waals surface area contributed by atoms with Gasteiger partial charge in [0, 0.05) is 34.5 Å². The Hall–Kier alpha value is -2.43. The van der Waals surface area contributed by atoms with Gasteiger partial charge in [-0.2, -0.15) is 0 Å². The topological polar surface area (TPSA) is 31.5 Å². The molecule has 5 rings (SSSR count). The predicted octanol–water partition coefficient (Wildman–Crippen LogP) is 6.12. The lowest BCUT2D eigenvalue weighted by atomic mass is 10.0. The van der Waals surface area contributed by atoms with Crippen molar-refractivity contribution in [2.24, 2.45) is 0 Å². The number of nitrogens with zero attached hydrogens (tertiary/aromatic N) is 3. The second-order valence-electron chi connectivity index (χ2n) is 7.07. The number of rotatable bonds is 3. The molecule has 0 N–H and O–H groups in total. The number of hydrogen-bond acceptors (Lipinski definition) is 2. The molecule has 0 saturated heterocycles. The molecule has 1 aliphatic heterocycles. The number of benzene rings is 2. The van der Waals surface area contributed by atoms with Crippen molar-refractivity contribution in [3.8, 4) is 28.3 Å². The maximum absolute atomic E-state index is 6.48. The lowest BCUT2D eigenvalue weighted by Gasteiger charge is -2.08. The highest BCUT2D eigenvalue weighted by molar-refractivity contribution is 6.36. The van der Waals surface area contributed by atoms with Gasteiger partial charge in [-0.05, 0) is 55.2 Å². The molecule has 6 heteroatoms. The fourth-order valence-electron chi connectivity index (χ4n) is 4.06. The van der Waals surface area contributed by atoms with Crippen LogP contribution < -0.4 is 4.74 Å². The molecule has 28 heavy (non-hydrogen) atoms. The van der Waals surface area contributed by atoms with E-state index in [0.717, 1.165) is 48.6 Å². The van der Waals surface area contributed by atoms with Crippen LogP contribution in [0.15, 0.2) is 48.7 Å². The van der Waals surface area contributed by atoms with Crippen molar-refractivity contribution in [1.82, 2.24) is 14.2 Å². The van der Waals surface area contributed by atoms with E-state index in [1.165, 1.54) is 16.7 Å². The van der Waals surface area contributed by atoms with E-state index in [0.29, 0.717) is 10.0 Å². The highest BCUT2D eigenvalue weighted by atomic mass is 35.5. The van der Waals surface area contributed by atoms with E-state index in [4.69, 9.17) is 33.0 Å². The summed E-state index contributed by atoms with van der Waals surface area (Å²) in [5, 5.41) is 6.15. The summed E-state index contributed by atoms with van der Waals surface area (Å²) in [5.74, 6) is 1.75. The molecule has 2 aromatic heterocycles. The molecule has 0 spiro atoms. The van der Waals surface area contributed by atoms with Crippen LogP contribution in [0, 0.1) is 0 Å². The molecule has 0 fully saturated rings. The predicted molar refractivity (Wildman–Crippen MR) is 114 cm³/mol. The van der Waals surface area contributed by atoms with Crippen molar-refractivity contribution in [1.29, 1.82) is 0 Å². The summed E-state index contributed by atoms with van der Waals surface area (Å²) in [5.41, 5.74) is 5.82. The Morgan fingerprint density at radius 2 is 1.82 bits per heavy atom. The second-order valence-corrected chi connectivity index (χ2v) is 7.92. The number of aromatic nitrogens is 3. The highest BCUT2D eigenvalue weighted by Gasteiger charge is 2.23. The number of hydrogen-bond donors (Lipinski definition) is 0. The molecule has 2 aromatic carbocycles. The van der Waals surface area contributed by atoms with Gasteiger partial charge in [0.2, 0.25) is 0 Å². The van der Waals surface area contributed by atoms with Gasteiger partial charge in [-0.3, -0.25) is 0 Å². The van der Waals surface area contributed by atoms with Crippen LogP contribution in [0.2, 0.25) is 10.0 Å². The molecule has 0 radical (unpaired) electrons. The Bertz CT molecular complexity index is 1170. The largest absolute Gasteiger partial charge is 0.497 e. The summed E-state index contributed by atoms with van der Waals surface area (Å²) >= 11 is 12.6. The van der Waals surface area contributed by atoms with Gasteiger partial charge in [0.1, 0.15) is 11.4 Å². The zero-order valence-electron chi connectivity index (χ0n) is 15.5. The number of halogens is 2. The fraction of sp³-hybridized carbons (Fsp3) is 0.227. The minimum absolute atomic E-state index is 0.623. The maximum Gasteiger partial charge on any atom is 0.163 e. The first-order valence-corrected chi connectivity index (χ1v) is 10.1. The van der Waals surface area contributed by atoms with Gasteiger partial charge in [0.25, 0.3) is 0 Å². The van der Waals surface area contributed by atoms with Crippen molar-refractivity contribution in [2.75, 3.05) is 7.11 Å². The van der Waals surface area contributed by atoms with Gasteiger partial charge in [-0.1, -0.05) is 35.3 Å². The van der Waals surface area contributed by atoms with Crippen molar-refractivity contribution in [3.05, 3.63) is 64.3 Å². The molecule has 0 unspecified atom stereocenters. The van der Waals surface area contributed by atoms with E-state index in [-0.39, 0.29) is 0 Å². The van der Waals surface area contributed by atoms with Crippen LogP contribution >= 0.6 is 23.2 Å². The number of ether oxygens (including phenoxy) is 1. The third-order valence-electron chi connectivity index (χ3n) is 5.41. The molecule has 4 nitrogen and oxygen atoms in total. The summed E-state index contributed by atoms with van der Waals surface area (Å²) in [6.45, 7) is 0.927. The molecule has 1 aliphatic rings. The standard InChI is InChI=1S/C22H19Cl2N3O/c1-28-16-8-5-14(6-9-16)19-13-27-22-17(19)4-2-3-11-26(22)21(25-27)18-10-7-15(23)12-20(18)24/h5-10,12-13H,2-4,11H2,1H3. The van der Waals surface area contributed by atoms with Gasteiger partial charge >= 0.3 is 0 Å². The Labute approximate surface area is 173 Å². The van der Waals surface area contributed by atoms with Gasteiger partial charge in [0.05, 0.1) is 12.1 Å². The third-order valence-corrected chi connectivity index (χ3v) is 5.96. The maximum atomic E-state index is 6.48. The number of methoxy groups -OCH3 is 1. The van der Waals surface area contributed by atoms with Crippen LogP contribution in [0.25, 0.3) is 28.2 Å². The average molecular weight is 412 g/mol. The SMILES string of the molecule is COc1ccc(-c2cn3nc(-c4ccc(Cl)cc4Cl)n4c3c2CCCC4)cc1. The van der Waals surface area contributed by atoms with Crippen molar-refractivity contribution < 1.29 is 4.74 Å². The van der Waals surface area contributed by atoms with Crippen LogP contribution in [0.3, 0.4) is 0 Å². The van der Waals surface area contributed by atoms with E-state index >= 15 is 0 Å². The zero-order chi connectivity index (χ0) is 19.3. The Kier molecular flexibility index (Phi) is 4.33.